The summed E-state index contributed by atoms with van der Waals surface area (Å²) in [5, 5.41) is 3.47. The van der Waals surface area contributed by atoms with E-state index in [0.29, 0.717) is 5.41 Å². The van der Waals surface area contributed by atoms with Crippen LogP contribution in [0, 0.1) is 0 Å². The zero-order valence-corrected chi connectivity index (χ0v) is 11.3. The lowest BCUT2D eigenvalue weighted by Gasteiger charge is -2.47. The van der Waals surface area contributed by atoms with Crippen molar-refractivity contribution in [2.75, 3.05) is 13.1 Å². The Morgan fingerprint density at radius 3 is 2.53 bits per heavy atom. The first-order chi connectivity index (χ1) is 8.01. The van der Waals surface area contributed by atoms with E-state index >= 15 is 0 Å². The average Bonchev–Trinajstić information content (AvgIpc) is 2.24. The van der Waals surface area contributed by atoms with Gasteiger partial charge in [-0.05, 0) is 41.4 Å². The summed E-state index contributed by atoms with van der Waals surface area (Å²) in [7, 11) is 0. The van der Waals surface area contributed by atoms with E-state index in [9.17, 15) is 0 Å². The van der Waals surface area contributed by atoms with Crippen LogP contribution >= 0.6 is 0 Å². The number of benzene rings is 1. The van der Waals surface area contributed by atoms with E-state index in [1.165, 1.54) is 37.9 Å². The van der Waals surface area contributed by atoms with Crippen LogP contribution in [0.3, 0.4) is 0 Å². The first-order valence-electron chi connectivity index (χ1n) is 6.86. The molecule has 1 aromatic carbocycles. The van der Waals surface area contributed by atoms with E-state index in [-0.39, 0.29) is 5.41 Å². The van der Waals surface area contributed by atoms with Gasteiger partial charge in [-0.25, -0.2) is 0 Å². The molecule has 92 valence electrons. The summed E-state index contributed by atoms with van der Waals surface area (Å²) in [5.41, 5.74) is 5.49. The van der Waals surface area contributed by atoms with E-state index < -0.39 is 0 Å². The number of hydrogen-bond donors (Lipinski definition) is 1. The molecule has 1 aliphatic carbocycles. The van der Waals surface area contributed by atoms with Gasteiger partial charge < -0.3 is 5.32 Å². The van der Waals surface area contributed by atoms with Crippen molar-refractivity contribution in [1.82, 2.24) is 5.32 Å². The Morgan fingerprint density at radius 1 is 1.18 bits per heavy atom. The van der Waals surface area contributed by atoms with Crippen LogP contribution in [0.2, 0.25) is 0 Å². The number of nitrogens with one attached hydrogen (secondary N) is 1. The van der Waals surface area contributed by atoms with Crippen molar-refractivity contribution in [3.63, 3.8) is 0 Å². The number of hydrogen-bond acceptors (Lipinski definition) is 1. The summed E-state index contributed by atoms with van der Waals surface area (Å²) >= 11 is 0. The van der Waals surface area contributed by atoms with Crippen molar-refractivity contribution in [2.45, 2.75) is 50.9 Å². The quantitative estimate of drug-likeness (QED) is 0.720. The molecule has 1 aromatic rings. The molecule has 0 bridgehead atoms. The maximum Gasteiger partial charge on any atom is 0.0205 e. The van der Waals surface area contributed by atoms with Gasteiger partial charge in [-0.15, -0.1) is 0 Å². The Morgan fingerprint density at radius 2 is 1.94 bits per heavy atom. The maximum atomic E-state index is 3.47. The molecule has 1 fully saturated rings. The van der Waals surface area contributed by atoms with Crippen molar-refractivity contribution >= 4 is 0 Å². The minimum atomic E-state index is 0.269. The normalized spacial score (nSPS) is 22.1. The smallest absolute Gasteiger partial charge is 0.0205 e. The molecule has 0 aromatic heterocycles. The molecule has 1 heteroatoms. The van der Waals surface area contributed by atoms with Crippen molar-refractivity contribution in [1.29, 1.82) is 0 Å². The van der Waals surface area contributed by atoms with Crippen molar-refractivity contribution < 1.29 is 0 Å². The summed E-state index contributed by atoms with van der Waals surface area (Å²) in [6, 6.07) is 7.22. The fourth-order valence-corrected chi connectivity index (χ4v) is 3.30. The van der Waals surface area contributed by atoms with Crippen LogP contribution in [0.15, 0.2) is 18.2 Å². The first kappa shape index (κ1) is 11.3. The highest BCUT2D eigenvalue weighted by atomic mass is 15.0. The molecule has 1 N–H and O–H groups in total. The second-order valence-corrected chi connectivity index (χ2v) is 6.86. The summed E-state index contributed by atoms with van der Waals surface area (Å²) in [6.45, 7) is 9.30. The minimum absolute atomic E-state index is 0.269. The van der Waals surface area contributed by atoms with Gasteiger partial charge in [0.15, 0.2) is 0 Å². The molecule has 1 saturated heterocycles. The molecule has 1 spiro atoms. The zero-order valence-electron chi connectivity index (χ0n) is 11.3. The lowest BCUT2D eigenvalue weighted by atomic mass is 9.65. The van der Waals surface area contributed by atoms with Crippen LogP contribution in [0.25, 0.3) is 0 Å². The van der Waals surface area contributed by atoms with Crippen LogP contribution in [0.5, 0.6) is 0 Å². The molecule has 0 amide bonds. The highest BCUT2D eigenvalue weighted by Crippen LogP contribution is 2.41. The molecule has 0 saturated carbocycles. The van der Waals surface area contributed by atoms with Gasteiger partial charge in [0.05, 0.1) is 0 Å². The van der Waals surface area contributed by atoms with Gasteiger partial charge >= 0.3 is 0 Å². The third-order valence-corrected chi connectivity index (χ3v) is 4.58. The van der Waals surface area contributed by atoms with Gasteiger partial charge in [-0.2, -0.15) is 0 Å². The summed E-state index contributed by atoms with van der Waals surface area (Å²) in [6.07, 6.45) is 4.02. The van der Waals surface area contributed by atoms with Crippen molar-refractivity contribution in [3.05, 3.63) is 34.9 Å². The second-order valence-electron chi connectivity index (χ2n) is 6.86. The van der Waals surface area contributed by atoms with Gasteiger partial charge in [0.25, 0.3) is 0 Å². The Kier molecular flexibility index (Phi) is 2.38. The average molecular weight is 229 g/mol. The van der Waals surface area contributed by atoms with Crippen LogP contribution in [-0.4, -0.2) is 13.1 Å². The molecule has 0 radical (unpaired) electrons. The van der Waals surface area contributed by atoms with Gasteiger partial charge in [0.2, 0.25) is 0 Å². The Balaban J connectivity index is 2.08. The van der Waals surface area contributed by atoms with E-state index in [1.54, 1.807) is 11.1 Å². The van der Waals surface area contributed by atoms with E-state index in [0.717, 1.165) is 0 Å². The largest absolute Gasteiger partial charge is 0.315 e. The van der Waals surface area contributed by atoms with Crippen LogP contribution < -0.4 is 5.32 Å². The molecule has 1 heterocycles. The number of fused-ring (bicyclic) bond motifs is 2. The molecular weight excluding hydrogens is 206 g/mol. The lowest BCUT2D eigenvalue weighted by Crippen LogP contribution is -2.58. The number of rotatable bonds is 0. The van der Waals surface area contributed by atoms with Crippen LogP contribution in [0.1, 0.15) is 50.3 Å². The van der Waals surface area contributed by atoms with E-state index in [1.807, 2.05) is 0 Å². The second kappa shape index (κ2) is 3.58. The zero-order chi connectivity index (χ0) is 12.1. The van der Waals surface area contributed by atoms with Gasteiger partial charge in [0.1, 0.15) is 0 Å². The standard InChI is InChI=1S/C16H23N/c1-15(2,3)13-7-6-12-5-4-8-16(10-17-11-16)14(12)9-13/h6-7,9,17H,4-5,8,10-11H2,1-3H3. The molecule has 0 unspecified atom stereocenters. The molecule has 17 heavy (non-hydrogen) atoms. The van der Waals surface area contributed by atoms with Crippen molar-refractivity contribution in [2.24, 2.45) is 0 Å². The number of aryl methyl sites for hydroxylation is 1. The van der Waals surface area contributed by atoms with E-state index in [4.69, 9.17) is 0 Å². The predicted molar refractivity (Wildman–Crippen MR) is 72.6 cm³/mol. The molecular formula is C16H23N. The Hall–Kier alpha value is -0.820. The van der Waals surface area contributed by atoms with E-state index in [2.05, 4.69) is 44.3 Å². The maximum absolute atomic E-state index is 3.47. The molecule has 2 aliphatic rings. The summed E-state index contributed by atoms with van der Waals surface area (Å²) < 4.78 is 0. The SMILES string of the molecule is CC(C)(C)c1ccc2c(c1)C1(CCC2)CNC1. The third-order valence-electron chi connectivity index (χ3n) is 4.58. The van der Waals surface area contributed by atoms with Crippen LogP contribution in [-0.2, 0) is 17.3 Å². The Bertz CT molecular complexity index is 435. The lowest BCUT2D eigenvalue weighted by molar-refractivity contribution is 0.239. The van der Waals surface area contributed by atoms with Gasteiger partial charge in [-0.1, -0.05) is 39.0 Å². The van der Waals surface area contributed by atoms with Gasteiger partial charge in [0, 0.05) is 18.5 Å². The van der Waals surface area contributed by atoms with Crippen molar-refractivity contribution in [3.8, 4) is 0 Å². The Labute approximate surface area is 105 Å². The summed E-state index contributed by atoms with van der Waals surface area (Å²) in [5.74, 6) is 0. The predicted octanol–water partition coefficient (Wildman–Crippen LogP) is 3.16. The molecule has 1 nitrogen and oxygen atoms in total. The topological polar surface area (TPSA) is 12.0 Å². The van der Waals surface area contributed by atoms with Gasteiger partial charge in [-0.3, -0.25) is 0 Å². The monoisotopic (exact) mass is 229 g/mol. The highest BCUT2D eigenvalue weighted by molar-refractivity contribution is 5.44. The third kappa shape index (κ3) is 1.72. The molecule has 1 aliphatic heterocycles. The first-order valence-corrected chi connectivity index (χ1v) is 6.86. The highest BCUT2D eigenvalue weighted by Gasteiger charge is 2.41. The fourth-order valence-electron chi connectivity index (χ4n) is 3.30. The van der Waals surface area contributed by atoms with Crippen LogP contribution in [0.4, 0.5) is 0 Å². The summed E-state index contributed by atoms with van der Waals surface area (Å²) in [4.78, 5) is 0. The molecule has 0 atom stereocenters. The molecule has 3 rings (SSSR count). The fraction of sp³-hybridized carbons (Fsp3) is 0.625. The minimum Gasteiger partial charge on any atom is -0.315 e.